The van der Waals surface area contributed by atoms with Crippen molar-refractivity contribution >= 4 is 127 Å². The molecule has 0 aromatic heterocycles. The van der Waals surface area contributed by atoms with Crippen LogP contribution in [0.25, 0.3) is 0 Å². The maximum absolute atomic E-state index is 13.5. The van der Waals surface area contributed by atoms with Gasteiger partial charge in [0, 0.05) is 34.3 Å². The number of alkyl halides is 3. The number of ketones is 2. The van der Waals surface area contributed by atoms with E-state index < -0.39 is 47.3 Å². The lowest BCUT2D eigenvalue weighted by Gasteiger charge is -2.16. The summed E-state index contributed by atoms with van der Waals surface area (Å²) in [7, 11) is 0. The first-order valence-corrected chi connectivity index (χ1v) is 22.1. The van der Waals surface area contributed by atoms with Gasteiger partial charge in [0.05, 0.1) is 32.4 Å². The number of nitrogens with zero attached hydrogens (tertiary/aromatic N) is 4. The number of benzene rings is 5. The van der Waals surface area contributed by atoms with Gasteiger partial charge in [-0.05, 0) is 112 Å². The quantitative estimate of drug-likeness (QED) is 0.0357. The van der Waals surface area contributed by atoms with Crippen LogP contribution < -0.4 is 26.0 Å². The van der Waals surface area contributed by atoms with Gasteiger partial charge in [-0.25, -0.2) is 0 Å². The first-order chi connectivity index (χ1) is 31.4. The molecule has 0 aliphatic carbocycles. The molecule has 0 saturated heterocycles. The second kappa shape index (κ2) is 23.8. The zero-order chi connectivity index (χ0) is 48.1. The Balaban J connectivity index is 1.29. The van der Waals surface area contributed by atoms with Crippen LogP contribution in [0.5, 0.6) is 5.75 Å². The van der Waals surface area contributed by atoms with E-state index in [4.69, 9.17) is 62.7 Å². The van der Waals surface area contributed by atoms with E-state index >= 15 is 0 Å². The average Bonchev–Trinajstić information content (AvgIpc) is 3.27. The van der Waals surface area contributed by atoms with Crippen molar-refractivity contribution < 1.29 is 33.5 Å². The molecule has 15 nitrogen and oxygen atoms in total. The minimum absolute atomic E-state index is 0.0143. The van der Waals surface area contributed by atoms with Gasteiger partial charge >= 0.3 is 0 Å². The summed E-state index contributed by atoms with van der Waals surface area (Å²) in [5.74, 6) is -4.01. The summed E-state index contributed by atoms with van der Waals surface area (Å²) < 4.78 is 5.74. The number of halogens is 5. The summed E-state index contributed by atoms with van der Waals surface area (Å²) in [6.07, 6.45) is 0. The number of azo groups is 2. The van der Waals surface area contributed by atoms with Crippen LogP contribution in [0.1, 0.15) is 70.3 Å². The van der Waals surface area contributed by atoms with Crippen LogP contribution in [-0.4, -0.2) is 59.8 Å². The number of Topliss-reactive ketones (excluding diaryl/α,β-unsaturated/α-hetero) is 2. The minimum Gasteiger partial charge on any atom is -0.490 e. The molecule has 0 heterocycles. The van der Waals surface area contributed by atoms with E-state index in [0.29, 0.717) is 11.4 Å². The highest BCUT2D eigenvalue weighted by molar-refractivity contribution is 6.33. The van der Waals surface area contributed by atoms with Gasteiger partial charge in [-0.3, -0.25) is 28.8 Å². The fraction of sp³-hybridized carbons (Fsp3) is 0.217. The molecule has 342 valence electrons. The van der Waals surface area contributed by atoms with Crippen molar-refractivity contribution in [2.45, 2.75) is 50.5 Å². The maximum atomic E-state index is 13.5. The van der Waals surface area contributed by atoms with Gasteiger partial charge in [0.25, 0.3) is 23.6 Å². The van der Waals surface area contributed by atoms with Crippen LogP contribution in [0.3, 0.4) is 0 Å². The van der Waals surface area contributed by atoms with Crippen LogP contribution in [0.2, 0.25) is 10.0 Å². The molecule has 5 aromatic rings. The molecule has 5 aromatic carbocycles. The number of ether oxygens (including phenoxy) is 1. The Morgan fingerprint density at radius 2 is 1.03 bits per heavy atom. The Bertz CT molecular complexity index is 2710. The fourth-order valence-corrected chi connectivity index (χ4v) is 6.51. The summed E-state index contributed by atoms with van der Waals surface area (Å²) in [4.78, 5) is 78.5. The maximum Gasteiger partial charge on any atom is 0.258 e. The first kappa shape index (κ1) is 50.8. The smallest absolute Gasteiger partial charge is 0.258 e. The van der Waals surface area contributed by atoms with Crippen molar-refractivity contribution in [2.75, 3.05) is 33.8 Å². The lowest BCUT2D eigenvalue weighted by atomic mass is 10.1. The molecular weight excluding hydrogens is 954 g/mol. The minimum atomic E-state index is -1.67. The van der Waals surface area contributed by atoms with Crippen molar-refractivity contribution in [2.24, 2.45) is 20.5 Å². The summed E-state index contributed by atoms with van der Waals surface area (Å²) in [5, 5.41) is 26.4. The van der Waals surface area contributed by atoms with Crippen molar-refractivity contribution in [1.82, 2.24) is 0 Å². The van der Waals surface area contributed by atoms with E-state index in [2.05, 4.69) is 41.7 Å². The molecule has 0 bridgehead atoms. The number of anilines is 4. The third-order valence-corrected chi connectivity index (χ3v) is 10.6. The fourth-order valence-electron chi connectivity index (χ4n) is 5.85. The highest BCUT2D eigenvalue weighted by Crippen LogP contribution is 2.32. The van der Waals surface area contributed by atoms with Crippen LogP contribution in [0.4, 0.5) is 34.1 Å². The second-order valence-corrected chi connectivity index (χ2v) is 16.9. The zero-order valence-electron chi connectivity index (χ0n) is 35.6. The summed E-state index contributed by atoms with van der Waals surface area (Å²) >= 11 is 31.0. The van der Waals surface area contributed by atoms with Crippen molar-refractivity contribution in [3.8, 4) is 5.75 Å². The van der Waals surface area contributed by atoms with E-state index in [1.165, 1.54) is 54.6 Å². The van der Waals surface area contributed by atoms with Crippen LogP contribution >= 0.6 is 58.0 Å². The molecule has 20 heteroatoms. The van der Waals surface area contributed by atoms with Crippen LogP contribution in [0.15, 0.2) is 124 Å². The van der Waals surface area contributed by atoms with Gasteiger partial charge in [-0.2, -0.15) is 20.5 Å². The number of hydrogen-bond donors (Lipinski definition) is 4. The standard InChI is InChI=1S/C46H41Cl5N8O7/c1-24(48)28-7-5-9-32(19-28)52-43(62)30-11-14-35(50)38(21-30)56-58-41(26(3)60)45(64)54-34-13-16-37(40(23-34)66-18-17-47)55-46(65)42(27(4)61)59-57-39-22-31(12-15-36(39)51)44(63)53-33-10-6-8-29(20-33)25(2)49/h5-16,19-25,41-42H,17-18H2,1-4H3,(H,52,62)(H,53,63)(H,54,64)(H,55,65). The van der Waals surface area contributed by atoms with E-state index in [0.717, 1.165) is 25.0 Å². The monoisotopic (exact) mass is 992 g/mol. The Labute approximate surface area is 404 Å². The molecule has 0 radical (unpaired) electrons. The van der Waals surface area contributed by atoms with Crippen molar-refractivity contribution in [3.63, 3.8) is 0 Å². The Morgan fingerprint density at radius 1 is 0.576 bits per heavy atom. The van der Waals surface area contributed by atoms with Gasteiger partial charge in [-0.1, -0.05) is 47.5 Å². The molecule has 4 atom stereocenters. The molecule has 0 aliphatic rings. The SMILES string of the molecule is CC(=O)C(N=Nc1cc(C(=O)Nc2cccc(C(C)Cl)c2)ccc1Cl)C(=O)Nc1ccc(NC(=O)C(N=Nc2cc(C(=O)Nc3cccc(C(C)Cl)c3)ccc2Cl)C(C)=O)c(OCCCl)c1. The van der Waals surface area contributed by atoms with Gasteiger partial charge in [0.15, 0.2) is 11.6 Å². The number of nitrogens with one attached hydrogen (secondary N) is 4. The summed E-state index contributed by atoms with van der Waals surface area (Å²) in [6.45, 7) is 5.87. The van der Waals surface area contributed by atoms with Gasteiger partial charge in [-0.15, -0.1) is 34.8 Å². The van der Waals surface area contributed by atoms with Gasteiger partial charge in [0.2, 0.25) is 12.1 Å². The normalized spacial score (nSPS) is 13.0. The van der Waals surface area contributed by atoms with Crippen molar-refractivity contribution in [3.05, 3.63) is 135 Å². The highest BCUT2D eigenvalue weighted by atomic mass is 35.5. The topological polar surface area (TPSA) is 209 Å². The predicted octanol–water partition coefficient (Wildman–Crippen LogP) is 12.1. The van der Waals surface area contributed by atoms with Gasteiger partial charge in [0.1, 0.15) is 23.7 Å². The predicted molar refractivity (Wildman–Crippen MR) is 258 cm³/mol. The first-order valence-electron chi connectivity index (χ1n) is 19.9. The molecule has 66 heavy (non-hydrogen) atoms. The van der Waals surface area contributed by atoms with Crippen LogP contribution in [-0.2, 0) is 19.2 Å². The largest absolute Gasteiger partial charge is 0.490 e. The number of carbonyl (C=O) groups excluding carboxylic acids is 6. The average molecular weight is 995 g/mol. The molecule has 4 amide bonds. The number of carbonyl (C=O) groups is 6. The van der Waals surface area contributed by atoms with E-state index in [1.807, 2.05) is 19.1 Å². The molecule has 0 spiro atoms. The van der Waals surface area contributed by atoms with Crippen LogP contribution in [0, 0.1) is 0 Å². The Kier molecular flexibility index (Phi) is 18.3. The number of amides is 4. The number of rotatable bonds is 19. The lowest BCUT2D eigenvalue weighted by molar-refractivity contribution is -0.127. The zero-order valence-corrected chi connectivity index (χ0v) is 39.4. The number of hydrogen-bond acceptors (Lipinski definition) is 11. The molecule has 5 rings (SSSR count). The lowest BCUT2D eigenvalue weighted by Crippen LogP contribution is -2.32. The molecule has 4 unspecified atom stereocenters. The Morgan fingerprint density at radius 3 is 1.47 bits per heavy atom. The molecule has 4 N–H and O–H groups in total. The Hall–Kier alpha value is -6.23. The van der Waals surface area contributed by atoms with E-state index in [9.17, 15) is 28.8 Å². The van der Waals surface area contributed by atoms with Crippen molar-refractivity contribution in [1.29, 1.82) is 0 Å². The molecular formula is C46H41Cl5N8O7. The third kappa shape index (κ3) is 14.1. The summed E-state index contributed by atoms with van der Waals surface area (Å²) in [6, 6.07) is 23.4. The van der Waals surface area contributed by atoms with E-state index in [1.54, 1.807) is 43.3 Å². The molecule has 0 saturated carbocycles. The van der Waals surface area contributed by atoms with Gasteiger partial charge < -0.3 is 26.0 Å². The summed E-state index contributed by atoms with van der Waals surface area (Å²) in [5.41, 5.74) is 3.21. The molecule has 0 fully saturated rings. The van der Waals surface area contributed by atoms with E-state index in [-0.39, 0.29) is 72.9 Å². The molecule has 0 aliphatic heterocycles. The highest BCUT2D eigenvalue weighted by Gasteiger charge is 2.27. The third-order valence-electron chi connectivity index (χ3n) is 9.29. The second-order valence-electron chi connectivity index (χ2n) is 14.4.